The first kappa shape index (κ1) is 37.3. The first-order chi connectivity index (χ1) is 26.2. The van der Waals surface area contributed by atoms with Gasteiger partial charge in [0, 0.05) is 24.2 Å². The maximum absolute atomic E-state index is 12.8. The lowest BCUT2D eigenvalue weighted by molar-refractivity contribution is -0.131. The number of aromatic amines is 2. The second-order valence-electron chi connectivity index (χ2n) is 12.9. The number of benzene rings is 4. The third kappa shape index (κ3) is 8.27. The van der Waals surface area contributed by atoms with Crippen molar-refractivity contribution in [3.63, 3.8) is 0 Å². The molecule has 0 aliphatic rings. The van der Waals surface area contributed by atoms with Crippen molar-refractivity contribution in [2.24, 2.45) is 0 Å². The molecule has 6 aromatic rings. The van der Waals surface area contributed by atoms with Gasteiger partial charge in [-0.2, -0.15) is 0 Å². The molecule has 0 fully saturated rings. The number of imidazole rings is 2. The fraction of sp³-hybridized carbons (Fsp3) is 0.300. The minimum atomic E-state index is -0.654. The molecular formula is C40H44N8O6. The third-order valence-electron chi connectivity index (χ3n) is 9.23. The van der Waals surface area contributed by atoms with Gasteiger partial charge in [-0.3, -0.25) is 9.59 Å². The maximum atomic E-state index is 12.8. The van der Waals surface area contributed by atoms with Crippen molar-refractivity contribution in [1.29, 1.82) is 0 Å². The van der Waals surface area contributed by atoms with Crippen molar-refractivity contribution >= 4 is 56.3 Å². The number of nitrogens with zero attached hydrogens (tertiary/aromatic N) is 4. The molecule has 0 unspecified atom stereocenters. The summed E-state index contributed by atoms with van der Waals surface area (Å²) in [7, 11) is 2.52. The Morgan fingerprint density at radius 1 is 0.611 bits per heavy atom. The third-order valence-corrected chi connectivity index (χ3v) is 9.23. The summed E-state index contributed by atoms with van der Waals surface area (Å²) >= 11 is 0. The van der Waals surface area contributed by atoms with Crippen LogP contribution in [0.5, 0.6) is 0 Å². The van der Waals surface area contributed by atoms with Crippen LogP contribution in [0.15, 0.2) is 73.1 Å². The molecule has 0 atom stereocenters. The molecular weight excluding hydrogens is 688 g/mol. The molecule has 0 radical (unpaired) electrons. The van der Waals surface area contributed by atoms with Crippen molar-refractivity contribution < 1.29 is 28.7 Å². The maximum Gasteiger partial charge on any atom is 0.407 e. The number of alkyl carbamates (subject to hydrolysis) is 2. The topological polar surface area (TPSA) is 175 Å². The van der Waals surface area contributed by atoms with Crippen LogP contribution in [0.1, 0.15) is 38.3 Å². The predicted molar refractivity (Wildman–Crippen MR) is 206 cm³/mol. The molecule has 2 heterocycles. The van der Waals surface area contributed by atoms with Gasteiger partial charge < -0.3 is 39.9 Å². The van der Waals surface area contributed by atoms with Crippen LogP contribution in [0.3, 0.4) is 0 Å². The van der Waals surface area contributed by atoms with E-state index in [1.165, 1.54) is 14.2 Å². The highest BCUT2D eigenvalue weighted by Gasteiger charge is 2.19. The van der Waals surface area contributed by atoms with Crippen LogP contribution in [-0.2, 0) is 32.2 Å². The number of aromatic nitrogens is 4. The summed E-state index contributed by atoms with van der Waals surface area (Å²) in [6.45, 7) is 5.26. The molecule has 0 bridgehead atoms. The van der Waals surface area contributed by atoms with Gasteiger partial charge >= 0.3 is 12.2 Å². The molecule has 4 N–H and O–H groups in total. The number of hydrogen-bond donors (Lipinski definition) is 4. The lowest BCUT2D eigenvalue weighted by Crippen LogP contribution is -2.40. The highest BCUT2D eigenvalue weighted by atomic mass is 16.5. The highest BCUT2D eigenvalue weighted by Crippen LogP contribution is 2.38. The summed E-state index contributed by atoms with van der Waals surface area (Å²) in [6, 6.07) is 21.1. The van der Waals surface area contributed by atoms with Crippen LogP contribution in [0.25, 0.3) is 54.8 Å². The smallest absolute Gasteiger partial charge is 0.407 e. The minimum Gasteiger partial charge on any atom is -0.453 e. The second-order valence-corrected chi connectivity index (χ2v) is 12.9. The van der Waals surface area contributed by atoms with E-state index in [0.717, 1.165) is 67.7 Å². The summed E-state index contributed by atoms with van der Waals surface area (Å²) in [4.78, 5) is 67.9. The molecule has 0 saturated carbocycles. The minimum absolute atomic E-state index is 0.157. The Labute approximate surface area is 312 Å². The number of fused-ring (bicyclic) bond motifs is 6. The molecule has 0 aliphatic heterocycles. The first-order valence-electron chi connectivity index (χ1n) is 17.9. The van der Waals surface area contributed by atoms with Gasteiger partial charge in [-0.15, -0.1) is 0 Å². The van der Waals surface area contributed by atoms with Crippen LogP contribution in [0.2, 0.25) is 0 Å². The number of carbonyl (C=O) groups is 4. The summed E-state index contributed by atoms with van der Waals surface area (Å²) in [5.74, 6) is 0.834. The Kier molecular flexibility index (Phi) is 11.7. The van der Waals surface area contributed by atoms with E-state index in [1.807, 2.05) is 26.0 Å². The largest absolute Gasteiger partial charge is 0.453 e. The number of nitrogens with one attached hydrogen (secondary N) is 4. The van der Waals surface area contributed by atoms with Crippen LogP contribution in [-0.4, -0.2) is 94.1 Å². The molecule has 0 aliphatic carbocycles. The predicted octanol–water partition coefficient (Wildman–Crippen LogP) is 6.12. The average Bonchev–Trinajstić information content (AvgIpc) is 3.88. The van der Waals surface area contributed by atoms with Crippen molar-refractivity contribution in [1.82, 2.24) is 40.4 Å². The quantitative estimate of drug-likeness (QED) is 0.0970. The van der Waals surface area contributed by atoms with E-state index in [-0.39, 0.29) is 38.0 Å². The zero-order chi connectivity index (χ0) is 38.2. The summed E-state index contributed by atoms with van der Waals surface area (Å²) in [6.07, 6.45) is 3.77. The van der Waals surface area contributed by atoms with Crippen LogP contribution in [0, 0.1) is 0 Å². The van der Waals surface area contributed by atoms with Gasteiger partial charge in [-0.25, -0.2) is 19.6 Å². The van der Waals surface area contributed by atoms with E-state index in [2.05, 4.69) is 88.6 Å². The molecule has 6 rings (SSSR count). The standard InChI is InChI=1S/C40H44N8O6/c1-5-15-47(37(49)21-43-39(51)53-3)23-35-41-19-33(45-35)25-11-13-29-30-14-12-26(18-32(30)28-10-8-7-9-27(28)31(29)17-25)34-20-42-36(46-34)24-48(16-6-2)38(50)22-44-40(52)54-4/h7-14,17-20H,5-6,15-16,21-24H2,1-4H3,(H,41,45)(H,42,46)(H,43,51)(H,44,52). The summed E-state index contributed by atoms with van der Waals surface area (Å²) in [5.41, 5.74) is 3.59. The molecule has 2 aromatic heterocycles. The molecule has 4 amide bonds. The molecule has 54 heavy (non-hydrogen) atoms. The van der Waals surface area contributed by atoms with Crippen molar-refractivity contribution in [3.05, 3.63) is 84.7 Å². The summed E-state index contributed by atoms with van der Waals surface area (Å²) < 4.78 is 9.18. The van der Waals surface area contributed by atoms with Gasteiger partial charge in [-0.05, 0) is 57.3 Å². The van der Waals surface area contributed by atoms with E-state index in [9.17, 15) is 19.2 Å². The zero-order valence-electron chi connectivity index (χ0n) is 30.8. The van der Waals surface area contributed by atoms with Gasteiger partial charge in [0.2, 0.25) is 11.8 Å². The van der Waals surface area contributed by atoms with Gasteiger partial charge in [0.1, 0.15) is 24.7 Å². The number of amides is 4. The Morgan fingerprint density at radius 2 is 1.02 bits per heavy atom. The lowest BCUT2D eigenvalue weighted by Gasteiger charge is -2.21. The number of H-pyrrole nitrogens is 2. The van der Waals surface area contributed by atoms with Crippen LogP contribution in [0.4, 0.5) is 9.59 Å². The number of ether oxygens (including phenoxy) is 2. The zero-order valence-corrected chi connectivity index (χ0v) is 30.8. The van der Waals surface area contributed by atoms with Crippen LogP contribution >= 0.6 is 0 Å². The van der Waals surface area contributed by atoms with E-state index < -0.39 is 12.2 Å². The molecule has 0 spiro atoms. The molecule has 14 nitrogen and oxygen atoms in total. The summed E-state index contributed by atoms with van der Waals surface area (Å²) in [5, 5.41) is 11.5. The Morgan fingerprint density at radius 3 is 1.41 bits per heavy atom. The Balaban J connectivity index is 1.26. The molecule has 280 valence electrons. The number of carbonyl (C=O) groups excluding carboxylic acids is 4. The molecule has 14 heteroatoms. The van der Waals surface area contributed by atoms with Crippen molar-refractivity contribution in [2.75, 3.05) is 40.4 Å². The van der Waals surface area contributed by atoms with Gasteiger partial charge in [0.25, 0.3) is 0 Å². The van der Waals surface area contributed by atoms with E-state index in [0.29, 0.717) is 24.7 Å². The SMILES string of the molecule is CCCN(Cc1ncc(-c2ccc3c4ccc(-c5cnc(CN(CCC)C(=O)CNC(=O)OC)[nH]5)cc4c4ccccc4c3c2)[nH]1)C(=O)CNC(=O)OC. The Bertz CT molecular complexity index is 2130. The fourth-order valence-electron chi connectivity index (χ4n) is 6.62. The number of rotatable bonds is 14. The van der Waals surface area contributed by atoms with E-state index in [4.69, 9.17) is 0 Å². The normalized spacial score (nSPS) is 11.1. The fourth-order valence-corrected chi connectivity index (χ4v) is 6.62. The van der Waals surface area contributed by atoms with Gasteiger partial charge in [0.15, 0.2) is 0 Å². The van der Waals surface area contributed by atoms with Crippen molar-refractivity contribution in [2.45, 2.75) is 39.8 Å². The number of methoxy groups -OCH3 is 2. The van der Waals surface area contributed by atoms with E-state index in [1.54, 1.807) is 22.2 Å². The van der Waals surface area contributed by atoms with Crippen LogP contribution < -0.4 is 10.6 Å². The lowest BCUT2D eigenvalue weighted by atomic mass is 9.91. The monoisotopic (exact) mass is 732 g/mol. The van der Waals surface area contributed by atoms with E-state index >= 15 is 0 Å². The van der Waals surface area contributed by atoms with Gasteiger partial charge in [-0.1, -0.05) is 62.4 Å². The Hall–Kier alpha value is -6.44. The average molecular weight is 733 g/mol. The first-order valence-corrected chi connectivity index (χ1v) is 17.9. The second kappa shape index (κ2) is 16.9. The highest BCUT2D eigenvalue weighted by molar-refractivity contribution is 6.26. The number of hydrogen-bond acceptors (Lipinski definition) is 8. The van der Waals surface area contributed by atoms with Gasteiger partial charge in [0.05, 0.1) is 51.1 Å². The molecule has 4 aromatic carbocycles. The molecule has 0 saturated heterocycles. The van der Waals surface area contributed by atoms with Crippen molar-refractivity contribution in [3.8, 4) is 22.5 Å².